The molecule has 2 rings (SSSR count). The molecule has 118 valence electrons. The molecule has 0 radical (unpaired) electrons. The number of rotatable bonds is 8. The lowest BCUT2D eigenvalue weighted by Crippen LogP contribution is -2.25. The Labute approximate surface area is 130 Å². The Bertz CT molecular complexity index is 426. The molecule has 0 spiro atoms. The summed E-state index contributed by atoms with van der Waals surface area (Å²) in [6.07, 6.45) is 7.34. The molecule has 0 bridgehead atoms. The van der Waals surface area contributed by atoms with Crippen LogP contribution in [0.2, 0.25) is 0 Å². The van der Waals surface area contributed by atoms with Gasteiger partial charge in [-0.3, -0.25) is 0 Å². The van der Waals surface area contributed by atoms with Crippen LogP contribution in [0.4, 0.5) is 0 Å². The number of fused-ring (bicyclic) bond motifs is 1. The van der Waals surface area contributed by atoms with E-state index >= 15 is 0 Å². The molecular weight excluding hydrogens is 258 g/mol. The van der Waals surface area contributed by atoms with E-state index in [0.29, 0.717) is 12.0 Å². The molecule has 1 aromatic carbocycles. The van der Waals surface area contributed by atoms with Gasteiger partial charge >= 0.3 is 0 Å². The third-order valence-electron chi connectivity index (χ3n) is 4.71. The summed E-state index contributed by atoms with van der Waals surface area (Å²) in [5.41, 5.74) is 2.97. The first-order valence-corrected chi connectivity index (χ1v) is 8.77. The van der Waals surface area contributed by atoms with Gasteiger partial charge in [-0.2, -0.15) is 0 Å². The number of aryl methyl sites for hydroxylation is 1. The molecule has 21 heavy (non-hydrogen) atoms. The minimum atomic E-state index is 0.543. The Morgan fingerprint density at radius 3 is 2.76 bits per heavy atom. The molecule has 0 saturated heterocycles. The Balaban J connectivity index is 2.01. The number of hydrogen-bond acceptors (Lipinski definition) is 2. The molecule has 0 aromatic heterocycles. The summed E-state index contributed by atoms with van der Waals surface area (Å²) in [5, 5.41) is 3.67. The zero-order valence-electron chi connectivity index (χ0n) is 14.0. The van der Waals surface area contributed by atoms with Crippen molar-refractivity contribution in [2.45, 2.75) is 65.3 Å². The molecule has 2 heteroatoms. The second kappa shape index (κ2) is 8.43. The smallest absolute Gasteiger partial charge is 0.119 e. The molecule has 1 aliphatic carbocycles. The fourth-order valence-corrected chi connectivity index (χ4v) is 3.15. The van der Waals surface area contributed by atoms with Crippen molar-refractivity contribution in [2.24, 2.45) is 5.92 Å². The number of benzene rings is 1. The van der Waals surface area contributed by atoms with Gasteiger partial charge in [0.1, 0.15) is 5.75 Å². The van der Waals surface area contributed by atoms with Crippen LogP contribution in [-0.4, -0.2) is 13.2 Å². The predicted molar refractivity (Wildman–Crippen MR) is 90.0 cm³/mol. The molecule has 1 aliphatic rings. The lowest BCUT2D eigenvalue weighted by Gasteiger charge is -2.27. The minimum absolute atomic E-state index is 0.543. The van der Waals surface area contributed by atoms with Gasteiger partial charge in [-0.25, -0.2) is 0 Å². The highest BCUT2D eigenvalue weighted by molar-refractivity contribution is 5.39. The van der Waals surface area contributed by atoms with E-state index in [1.54, 1.807) is 0 Å². The lowest BCUT2D eigenvalue weighted by atomic mass is 9.87. The summed E-state index contributed by atoms with van der Waals surface area (Å²) in [6.45, 7) is 8.68. The van der Waals surface area contributed by atoms with Crippen LogP contribution in [0.5, 0.6) is 5.75 Å². The van der Waals surface area contributed by atoms with E-state index in [2.05, 4.69) is 44.3 Å². The third-order valence-corrected chi connectivity index (χ3v) is 4.71. The van der Waals surface area contributed by atoms with Crippen molar-refractivity contribution in [1.82, 2.24) is 5.32 Å². The van der Waals surface area contributed by atoms with Gasteiger partial charge < -0.3 is 10.1 Å². The maximum atomic E-state index is 6.01. The first-order valence-electron chi connectivity index (χ1n) is 8.77. The maximum absolute atomic E-state index is 6.01. The topological polar surface area (TPSA) is 21.3 Å². The molecule has 2 nitrogen and oxygen atoms in total. The van der Waals surface area contributed by atoms with Crippen LogP contribution in [0.25, 0.3) is 0 Å². The summed E-state index contributed by atoms with van der Waals surface area (Å²) in [5.74, 6) is 1.73. The minimum Gasteiger partial charge on any atom is -0.493 e. The van der Waals surface area contributed by atoms with E-state index in [1.165, 1.54) is 49.7 Å². The van der Waals surface area contributed by atoms with Crippen molar-refractivity contribution < 1.29 is 4.74 Å². The fourth-order valence-electron chi connectivity index (χ4n) is 3.15. The summed E-state index contributed by atoms with van der Waals surface area (Å²) in [7, 11) is 0. The largest absolute Gasteiger partial charge is 0.493 e. The van der Waals surface area contributed by atoms with E-state index in [0.717, 1.165) is 18.9 Å². The van der Waals surface area contributed by atoms with Gasteiger partial charge in [0.15, 0.2) is 0 Å². The van der Waals surface area contributed by atoms with Crippen molar-refractivity contribution >= 4 is 0 Å². The Kier molecular flexibility index (Phi) is 6.56. The summed E-state index contributed by atoms with van der Waals surface area (Å²) in [4.78, 5) is 0. The van der Waals surface area contributed by atoms with E-state index in [9.17, 15) is 0 Å². The SMILES string of the molecule is CCCNC1CCCc2cc(OCC(CC)CC)ccc21. The molecule has 1 N–H and O–H groups in total. The maximum Gasteiger partial charge on any atom is 0.119 e. The Morgan fingerprint density at radius 2 is 2.05 bits per heavy atom. The molecule has 0 heterocycles. The van der Waals surface area contributed by atoms with Gasteiger partial charge in [-0.15, -0.1) is 0 Å². The first-order chi connectivity index (χ1) is 10.3. The summed E-state index contributed by atoms with van der Waals surface area (Å²) in [6, 6.07) is 7.26. The van der Waals surface area contributed by atoms with Gasteiger partial charge in [0.05, 0.1) is 6.61 Å². The second-order valence-corrected chi connectivity index (χ2v) is 6.25. The predicted octanol–water partition coefficient (Wildman–Crippen LogP) is 4.88. The van der Waals surface area contributed by atoms with Crippen LogP contribution in [0.3, 0.4) is 0 Å². The standard InChI is InChI=1S/C19H31NO/c1-4-12-20-19-9-7-8-16-13-17(10-11-18(16)19)21-14-15(5-2)6-3/h10-11,13,15,19-20H,4-9,12,14H2,1-3H3. The van der Waals surface area contributed by atoms with E-state index in [4.69, 9.17) is 4.74 Å². The van der Waals surface area contributed by atoms with Crippen molar-refractivity contribution in [1.29, 1.82) is 0 Å². The van der Waals surface area contributed by atoms with E-state index in [-0.39, 0.29) is 0 Å². The summed E-state index contributed by atoms with van der Waals surface area (Å²) < 4.78 is 6.01. The number of nitrogens with one attached hydrogen (secondary N) is 1. The van der Waals surface area contributed by atoms with Crippen molar-refractivity contribution in [2.75, 3.05) is 13.2 Å². The first kappa shape index (κ1) is 16.4. The monoisotopic (exact) mass is 289 g/mol. The Hall–Kier alpha value is -1.02. The van der Waals surface area contributed by atoms with Crippen LogP contribution in [-0.2, 0) is 6.42 Å². The van der Waals surface area contributed by atoms with Gasteiger partial charge in [0.25, 0.3) is 0 Å². The lowest BCUT2D eigenvalue weighted by molar-refractivity contribution is 0.240. The van der Waals surface area contributed by atoms with Crippen molar-refractivity contribution in [3.05, 3.63) is 29.3 Å². The molecule has 1 unspecified atom stereocenters. The van der Waals surface area contributed by atoms with Gasteiger partial charge in [-0.1, -0.05) is 39.7 Å². The third kappa shape index (κ3) is 4.47. The zero-order valence-corrected chi connectivity index (χ0v) is 14.0. The molecule has 1 atom stereocenters. The molecule has 0 aliphatic heterocycles. The van der Waals surface area contributed by atoms with Crippen molar-refractivity contribution in [3.63, 3.8) is 0 Å². The van der Waals surface area contributed by atoms with Gasteiger partial charge in [0, 0.05) is 6.04 Å². The van der Waals surface area contributed by atoms with Crippen LogP contribution in [0.15, 0.2) is 18.2 Å². The van der Waals surface area contributed by atoms with Gasteiger partial charge in [-0.05, 0) is 61.4 Å². The number of hydrogen-bond donors (Lipinski definition) is 1. The van der Waals surface area contributed by atoms with Crippen molar-refractivity contribution in [3.8, 4) is 5.75 Å². The number of ether oxygens (including phenoxy) is 1. The molecule has 0 fully saturated rings. The quantitative estimate of drug-likeness (QED) is 0.736. The Morgan fingerprint density at radius 1 is 1.24 bits per heavy atom. The van der Waals surface area contributed by atoms with E-state index in [1.807, 2.05) is 0 Å². The average Bonchev–Trinajstić information content (AvgIpc) is 2.53. The van der Waals surface area contributed by atoms with Gasteiger partial charge in [0.2, 0.25) is 0 Å². The molecular formula is C19H31NO. The van der Waals surface area contributed by atoms with E-state index < -0.39 is 0 Å². The highest BCUT2D eigenvalue weighted by Gasteiger charge is 2.20. The average molecular weight is 289 g/mol. The highest BCUT2D eigenvalue weighted by Crippen LogP contribution is 2.32. The molecule has 0 amide bonds. The fraction of sp³-hybridized carbons (Fsp3) is 0.684. The van der Waals surface area contributed by atoms with Crippen LogP contribution in [0.1, 0.15) is 70.0 Å². The molecule has 0 saturated carbocycles. The molecule has 1 aromatic rings. The van der Waals surface area contributed by atoms with Crippen LogP contribution in [0, 0.1) is 5.92 Å². The van der Waals surface area contributed by atoms with Crippen LogP contribution < -0.4 is 10.1 Å². The van der Waals surface area contributed by atoms with Crippen LogP contribution >= 0.6 is 0 Å². The zero-order chi connectivity index (χ0) is 15.1. The second-order valence-electron chi connectivity index (χ2n) is 6.25. The normalized spacial score (nSPS) is 17.8. The highest BCUT2D eigenvalue weighted by atomic mass is 16.5. The summed E-state index contributed by atoms with van der Waals surface area (Å²) >= 11 is 0.